The molecule has 0 aliphatic carbocycles. The van der Waals surface area contributed by atoms with Gasteiger partial charge in [-0.05, 0) is 34.6 Å². The fraction of sp³-hybridized carbons (Fsp3) is 0.438. The number of carbonyl (C=O) groups excluding carboxylic acids is 1. The lowest BCUT2D eigenvalue weighted by Crippen LogP contribution is -2.25. The van der Waals surface area contributed by atoms with Gasteiger partial charge in [-0.3, -0.25) is 4.79 Å². The summed E-state index contributed by atoms with van der Waals surface area (Å²) in [4.78, 5) is 13.4. The Labute approximate surface area is 114 Å². The summed E-state index contributed by atoms with van der Waals surface area (Å²) in [6, 6.07) is 8.55. The van der Waals surface area contributed by atoms with E-state index in [4.69, 9.17) is 0 Å². The van der Waals surface area contributed by atoms with Crippen molar-refractivity contribution in [2.24, 2.45) is 0 Å². The molecule has 0 aliphatic heterocycles. The maximum Gasteiger partial charge on any atom is 0.241 e. The SMILES string of the molecule is CN(C)C(=O)Cn1ccc2cc(C(C)(C)C)ccc21. The number of nitrogens with zero attached hydrogens (tertiary/aromatic N) is 2. The highest BCUT2D eigenvalue weighted by molar-refractivity contribution is 5.84. The summed E-state index contributed by atoms with van der Waals surface area (Å²) in [7, 11) is 3.57. The zero-order valence-electron chi connectivity index (χ0n) is 12.4. The van der Waals surface area contributed by atoms with Gasteiger partial charge in [0.05, 0.1) is 0 Å². The van der Waals surface area contributed by atoms with Gasteiger partial charge >= 0.3 is 0 Å². The Morgan fingerprint density at radius 3 is 2.47 bits per heavy atom. The summed E-state index contributed by atoms with van der Waals surface area (Å²) in [5.74, 6) is 0.109. The molecular weight excluding hydrogens is 236 g/mol. The molecule has 1 heterocycles. The van der Waals surface area contributed by atoms with Crippen molar-refractivity contribution in [2.45, 2.75) is 32.7 Å². The molecule has 19 heavy (non-hydrogen) atoms. The zero-order chi connectivity index (χ0) is 14.2. The summed E-state index contributed by atoms with van der Waals surface area (Å²) >= 11 is 0. The zero-order valence-corrected chi connectivity index (χ0v) is 12.4. The number of likely N-dealkylation sites (N-methyl/N-ethyl adjacent to an activating group) is 1. The van der Waals surface area contributed by atoms with Crippen molar-refractivity contribution in [3.63, 3.8) is 0 Å². The van der Waals surface area contributed by atoms with Crippen LogP contribution in [0.25, 0.3) is 10.9 Å². The second kappa shape index (κ2) is 4.72. The van der Waals surface area contributed by atoms with Crippen LogP contribution in [-0.4, -0.2) is 29.5 Å². The summed E-state index contributed by atoms with van der Waals surface area (Å²) in [5.41, 5.74) is 2.58. The number of amides is 1. The summed E-state index contributed by atoms with van der Waals surface area (Å²) in [6.07, 6.45) is 1.98. The van der Waals surface area contributed by atoms with Gasteiger partial charge in [-0.2, -0.15) is 0 Å². The van der Waals surface area contributed by atoms with E-state index in [2.05, 4.69) is 45.0 Å². The van der Waals surface area contributed by atoms with Crippen LogP contribution in [0.3, 0.4) is 0 Å². The molecule has 2 aromatic rings. The molecule has 0 fully saturated rings. The van der Waals surface area contributed by atoms with Gasteiger partial charge in [-0.15, -0.1) is 0 Å². The van der Waals surface area contributed by atoms with Crippen LogP contribution in [0.4, 0.5) is 0 Å². The predicted molar refractivity (Wildman–Crippen MR) is 79.3 cm³/mol. The minimum absolute atomic E-state index is 0.109. The lowest BCUT2D eigenvalue weighted by atomic mass is 9.86. The van der Waals surface area contributed by atoms with Crippen LogP contribution in [0.1, 0.15) is 26.3 Å². The number of rotatable bonds is 2. The molecule has 1 aromatic carbocycles. The highest BCUT2D eigenvalue weighted by atomic mass is 16.2. The predicted octanol–water partition coefficient (Wildman–Crippen LogP) is 3.03. The van der Waals surface area contributed by atoms with E-state index >= 15 is 0 Å². The Bertz CT molecular complexity index is 603. The number of hydrogen-bond acceptors (Lipinski definition) is 1. The average molecular weight is 258 g/mol. The highest BCUT2D eigenvalue weighted by Crippen LogP contribution is 2.26. The lowest BCUT2D eigenvalue weighted by molar-refractivity contribution is -0.129. The van der Waals surface area contributed by atoms with Gasteiger partial charge < -0.3 is 9.47 Å². The molecule has 1 amide bonds. The minimum Gasteiger partial charge on any atom is -0.347 e. The fourth-order valence-corrected chi connectivity index (χ4v) is 2.09. The van der Waals surface area contributed by atoms with Crippen molar-refractivity contribution >= 4 is 16.8 Å². The van der Waals surface area contributed by atoms with Gasteiger partial charge in [0.2, 0.25) is 5.91 Å². The molecule has 0 radical (unpaired) electrons. The topological polar surface area (TPSA) is 25.2 Å². The summed E-state index contributed by atoms with van der Waals surface area (Å²) in [6.45, 7) is 7.02. The molecule has 0 saturated carbocycles. The normalized spacial score (nSPS) is 11.8. The number of aromatic nitrogens is 1. The van der Waals surface area contributed by atoms with Crippen molar-refractivity contribution in [1.82, 2.24) is 9.47 Å². The van der Waals surface area contributed by atoms with Crippen molar-refractivity contribution < 1.29 is 4.79 Å². The van der Waals surface area contributed by atoms with Gasteiger partial charge in [-0.25, -0.2) is 0 Å². The maximum absolute atomic E-state index is 11.8. The second-order valence-electron chi connectivity index (χ2n) is 6.26. The molecule has 0 N–H and O–H groups in total. The van der Waals surface area contributed by atoms with Crippen LogP contribution in [0.2, 0.25) is 0 Å². The number of hydrogen-bond donors (Lipinski definition) is 0. The first-order chi connectivity index (χ1) is 8.79. The summed E-state index contributed by atoms with van der Waals surface area (Å²) in [5, 5.41) is 1.19. The molecule has 0 aliphatic rings. The van der Waals surface area contributed by atoms with Crippen LogP contribution >= 0.6 is 0 Å². The Morgan fingerprint density at radius 2 is 1.89 bits per heavy atom. The van der Waals surface area contributed by atoms with E-state index in [1.165, 1.54) is 10.9 Å². The van der Waals surface area contributed by atoms with E-state index in [1.807, 2.05) is 10.8 Å². The molecular formula is C16H22N2O. The molecule has 2 rings (SSSR count). The van der Waals surface area contributed by atoms with Crippen LogP contribution in [0.15, 0.2) is 30.5 Å². The molecule has 0 bridgehead atoms. The first-order valence-electron chi connectivity index (χ1n) is 6.58. The second-order valence-corrected chi connectivity index (χ2v) is 6.26. The van der Waals surface area contributed by atoms with E-state index in [1.54, 1.807) is 19.0 Å². The van der Waals surface area contributed by atoms with Gasteiger partial charge in [-0.1, -0.05) is 26.8 Å². The Morgan fingerprint density at radius 1 is 1.21 bits per heavy atom. The molecule has 0 atom stereocenters. The standard InChI is InChI=1S/C16H22N2O/c1-16(2,3)13-6-7-14-12(10-13)8-9-18(14)11-15(19)17(4)5/h6-10H,11H2,1-5H3. The molecule has 1 aromatic heterocycles. The molecule has 0 saturated heterocycles. The first kappa shape index (κ1) is 13.7. The van der Waals surface area contributed by atoms with Crippen molar-refractivity contribution in [3.8, 4) is 0 Å². The molecule has 3 nitrogen and oxygen atoms in total. The van der Waals surface area contributed by atoms with E-state index < -0.39 is 0 Å². The van der Waals surface area contributed by atoms with Crippen molar-refractivity contribution in [2.75, 3.05) is 14.1 Å². The molecule has 3 heteroatoms. The number of benzene rings is 1. The lowest BCUT2D eigenvalue weighted by Gasteiger charge is -2.19. The van der Waals surface area contributed by atoms with E-state index in [-0.39, 0.29) is 11.3 Å². The fourth-order valence-electron chi connectivity index (χ4n) is 2.09. The molecule has 102 valence electrons. The van der Waals surface area contributed by atoms with E-state index in [9.17, 15) is 4.79 Å². The largest absolute Gasteiger partial charge is 0.347 e. The van der Waals surface area contributed by atoms with Crippen molar-refractivity contribution in [1.29, 1.82) is 0 Å². The first-order valence-corrected chi connectivity index (χ1v) is 6.58. The Balaban J connectivity index is 2.37. The van der Waals surface area contributed by atoms with Gasteiger partial charge in [0.25, 0.3) is 0 Å². The van der Waals surface area contributed by atoms with Gasteiger partial charge in [0.15, 0.2) is 0 Å². The smallest absolute Gasteiger partial charge is 0.241 e. The molecule has 0 spiro atoms. The number of carbonyl (C=O) groups is 1. The quantitative estimate of drug-likeness (QED) is 0.813. The van der Waals surface area contributed by atoms with Gasteiger partial charge in [0.1, 0.15) is 6.54 Å². The van der Waals surface area contributed by atoms with Crippen LogP contribution < -0.4 is 0 Å². The maximum atomic E-state index is 11.8. The Kier molecular flexibility index (Phi) is 3.40. The summed E-state index contributed by atoms with van der Waals surface area (Å²) < 4.78 is 2.00. The average Bonchev–Trinajstić information content (AvgIpc) is 2.70. The molecule has 0 unspecified atom stereocenters. The monoisotopic (exact) mass is 258 g/mol. The minimum atomic E-state index is 0.109. The third-order valence-corrected chi connectivity index (χ3v) is 3.44. The van der Waals surface area contributed by atoms with E-state index in [0.717, 1.165) is 5.52 Å². The van der Waals surface area contributed by atoms with Crippen LogP contribution in [-0.2, 0) is 16.8 Å². The van der Waals surface area contributed by atoms with Gasteiger partial charge in [0, 0.05) is 25.8 Å². The third-order valence-electron chi connectivity index (χ3n) is 3.44. The van der Waals surface area contributed by atoms with Crippen LogP contribution in [0.5, 0.6) is 0 Å². The highest BCUT2D eigenvalue weighted by Gasteiger charge is 2.15. The van der Waals surface area contributed by atoms with Crippen LogP contribution in [0, 0.1) is 0 Å². The Hall–Kier alpha value is -1.77. The number of fused-ring (bicyclic) bond motifs is 1. The third kappa shape index (κ3) is 2.80. The van der Waals surface area contributed by atoms with E-state index in [0.29, 0.717) is 6.54 Å². The van der Waals surface area contributed by atoms with Crippen molar-refractivity contribution in [3.05, 3.63) is 36.0 Å².